The van der Waals surface area contributed by atoms with Crippen LogP contribution in [0.25, 0.3) is 0 Å². The van der Waals surface area contributed by atoms with Gasteiger partial charge in [-0.15, -0.1) is 0 Å². The van der Waals surface area contributed by atoms with Crippen LogP contribution in [0.1, 0.15) is 72.9 Å². The number of carboxylic acid groups (broad SMARTS) is 1. The summed E-state index contributed by atoms with van der Waals surface area (Å²) in [6.45, 7) is 0. The topological polar surface area (TPSA) is 66.4 Å². The maximum atomic E-state index is 12.6. The van der Waals surface area contributed by atoms with Crippen LogP contribution in [-0.4, -0.2) is 17.0 Å². The number of hydrogen-bond donors (Lipinski definition) is 2. The van der Waals surface area contributed by atoms with E-state index in [1.165, 1.54) is 12.0 Å². The first kappa shape index (κ1) is 21.1. The summed E-state index contributed by atoms with van der Waals surface area (Å²) in [6, 6.07) is 15.3. The summed E-state index contributed by atoms with van der Waals surface area (Å²) in [5.41, 5.74) is 3.44. The van der Waals surface area contributed by atoms with Crippen molar-refractivity contribution in [2.75, 3.05) is 5.32 Å². The number of rotatable bonds is 9. The van der Waals surface area contributed by atoms with E-state index in [2.05, 4.69) is 11.4 Å². The predicted molar refractivity (Wildman–Crippen MR) is 116 cm³/mol. The van der Waals surface area contributed by atoms with E-state index in [1.54, 1.807) is 12.1 Å². The number of carboxylic acids is 1. The number of carbonyl (C=O) groups is 2. The Morgan fingerprint density at radius 1 is 0.828 bits per heavy atom. The van der Waals surface area contributed by atoms with E-state index >= 15 is 0 Å². The third-order valence-electron chi connectivity index (χ3n) is 5.89. The van der Waals surface area contributed by atoms with Crippen LogP contribution in [0.2, 0.25) is 0 Å². The van der Waals surface area contributed by atoms with Crippen LogP contribution in [0.5, 0.6) is 0 Å². The molecule has 2 aromatic carbocycles. The van der Waals surface area contributed by atoms with Crippen molar-refractivity contribution in [3.63, 3.8) is 0 Å². The number of amides is 1. The zero-order valence-corrected chi connectivity index (χ0v) is 17.0. The first-order chi connectivity index (χ1) is 14.1. The predicted octanol–water partition coefficient (Wildman–Crippen LogP) is 5.86. The molecule has 1 amide bonds. The number of carbonyl (C=O) groups excluding carboxylic acids is 1. The van der Waals surface area contributed by atoms with E-state index in [9.17, 15) is 14.7 Å². The number of benzene rings is 2. The molecule has 2 aromatic rings. The quantitative estimate of drug-likeness (QED) is 0.524. The molecule has 1 aliphatic carbocycles. The fourth-order valence-corrected chi connectivity index (χ4v) is 4.21. The molecule has 1 fully saturated rings. The van der Waals surface area contributed by atoms with E-state index in [4.69, 9.17) is 0 Å². The first-order valence-corrected chi connectivity index (χ1v) is 10.8. The van der Waals surface area contributed by atoms with Gasteiger partial charge in [-0.25, -0.2) is 4.79 Å². The molecule has 4 nitrogen and oxygen atoms in total. The molecule has 0 spiro atoms. The fourth-order valence-electron chi connectivity index (χ4n) is 4.21. The SMILES string of the molecule is O=C(O)c1ccccc1CCCCCc1ccccc1NC(=O)C1CCCCC1. The number of anilines is 1. The summed E-state index contributed by atoms with van der Waals surface area (Å²) in [7, 11) is 0. The lowest BCUT2D eigenvalue weighted by Gasteiger charge is -2.21. The van der Waals surface area contributed by atoms with E-state index in [1.807, 2.05) is 30.3 Å². The molecule has 0 aromatic heterocycles. The molecule has 0 saturated heterocycles. The lowest BCUT2D eigenvalue weighted by molar-refractivity contribution is -0.120. The molecule has 0 aliphatic heterocycles. The summed E-state index contributed by atoms with van der Waals surface area (Å²) >= 11 is 0. The van der Waals surface area contributed by atoms with E-state index in [0.29, 0.717) is 5.56 Å². The molecule has 3 rings (SSSR count). The average molecular weight is 394 g/mol. The lowest BCUT2D eigenvalue weighted by Crippen LogP contribution is -2.25. The molecule has 0 radical (unpaired) electrons. The van der Waals surface area contributed by atoms with Crippen LogP contribution in [-0.2, 0) is 17.6 Å². The summed E-state index contributed by atoms with van der Waals surface area (Å²) in [6.07, 6.45) is 10.3. The lowest BCUT2D eigenvalue weighted by atomic mass is 9.88. The number of para-hydroxylation sites is 1. The zero-order valence-electron chi connectivity index (χ0n) is 17.0. The maximum absolute atomic E-state index is 12.6. The van der Waals surface area contributed by atoms with Crippen LogP contribution in [0, 0.1) is 5.92 Å². The Bertz CT molecular complexity index is 824. The van der Waals surface area contributed by atoms with Crippen molar-refractivity contribution in [3.05, 3.63) is 65.2 Å². The van der Waals surface area contributed by atoms with Gasteiger partial charge in [0.1, 0.15) is 0 Å². The monoisotopic (exact) mass is 393 g/mol. The highest BCUT2D eigenvalue weighted by molar-refractivity contribution is 5.93. The van der Waals surface area contributed by atoms with Crippen LogP contribution in [0.15, 0.2) is 48.5 Å². The summed E-state index contributed by atoms with van der Waals surface area (Å²) < 4.78 is 0. The maximum Gasteiger partial charge on any atom is 0.335 e. The molecule has 0 heterocycles. The van der Waals surface area contributed by atoms with Gasteiger partial charge in [-0.3, -0.25) is 4.79 Å². The second kappa shape index (κ2) is 10.8. The molecule has 4 heteroatoms. The van der Waals surface area contributed by atoms with Crippen molar-refractivity contribution in [3.8, 4) is 0 Å². The standard InChI is InChI=1S/C25H31NO3/c27-24(21-15-5-2-6-16-21)26-23-18-10-8-14-20(23)13-4-1-3-11-19-12-7-9-17-22(19)25(28)29/h7-10,12,14,17-18,21H,1-6,11,13,15-16H2,(H,26,27)(H,28,29). The van der Waals surface area contributed by atoms with Crippen LogP contribution in [0.3, 0.4) is 0 Å². The Labute approximate surface area is 173 Å². The molecular formula is C25H31NO3. The van der Waals surface area contributed by atoms with Gasteiger partial charge in [-0.1, -0.05) is 62.1 Å². The summed E-state index contributed by atoms with van der Waals surface area (Å²) in [5.74, 6) is -0.531. The fraction of sp³-hybridized carbons (Fsp3) is 0.440. The minimum Gasteiger partial charge on any atom is -0.478 e. The van der Waals surface area contributed by atoms with Gasteiger partial charge in [0.05, 0.1) is 5.56 Å². The second-order valence-corrected chi connectivity index (χ2v) is 8.00. The molecule has 29 heavy (non-hydrogen) atoms. The van der Waals surface area contributed by atoms with Gasteiger partial charge >= 0.3 is 5.97 Å². The minimum atomic E-state index is -0.858. The third kappa shape index (κ3) is 6.18. The van der Waals surface area contributed by atoms with Crippen LogP contribution >= 0.6 is 0 Å². The van der Waals surface area contributed by atoms with Gasteiger partial charge in [0, 0.05) is 11.6 Å². The van der Waals surface area contributed by atoms with E-state index in [0.717, 1.165) is 69.0 Å². The molecule has 0 bridgehead atoms. The highest BCUT2D eigenvalue weighted by Gasteiger charge is 2.21. The number of aromatic carboxylic acids is 1. The minimum absolute atomic E-state index is 0.158. The molecular weight excluding hydrogens is 362 g/mol. The molecule has 1 saturated carbocycles. The van der Waals surface area contributed by atoms with Crippen molar-refractivity contribution in [1.82, 2.24) is 0 Å². The van der Waals surface area contributed by atoms with Crippen LogP contribution in [0.4, 0.5) is 5.69 Å². The van der Waals surface area contributed by atoms with Crippen molar-refractivity contribution >= 4 is 17.6 Å². The molecule has 0 atom stereocenters. The van der Waals surface area contributed by atoms with Gasteiger partial charge in [0.25, 0.3) is 0 Å². The summed E-state index contributed by atoms with van der Waals surface area (Å²) in [5, 5.41) is 12.4. The number of hydrogen-bond acceptors (Lipinski definition) is 2. The zero-order chi connectivity index (χ0) is 20.5. The largest absolute Gasteiger partial charge is 0.478 e. The van der Waals surface area contributed by atoms with Crippen molar-refractivity contribution < 1.29 is 14.7 Å². The Balaban J connectivity index is 1.47. The van der Waals surface area contributed by atoms with Crippen molar-refractivity contribution in [2.24, 2.45) is 5.92 Å². The van der Waals surface area contributed by atoms with Crippen LogP contribution < -0.4 is 5.32 Å². The third-order valence-corrected chi connectivity index (χ3v) is 5.89. The van der Waals surface area contributed by atoms with E-state index in [-0.39, 0.29) is 11.8 Å². The van der Waals surface area contributed by atoms with Crippen molar-refractivity contribution in [1.29, 1.82) is 0 Å². The normalized spacial score (nSPS) is 14.5. The Hall–Kier alpha value is -2.62. The van der Waals surface area contributed by atoms with Gasteiger partial charge in [-0.2, -0.15) is 0 Å². The number of nitrogens with one attached hydrogen (secondary N) is 1. The Morgan fingerprint density at radius 2 is 1.45 bits per heavy atom. The number of unbranched alkanes of at least 4 members (excludes halogenated alkanes) is 2. The van der Waals surface area contributed by atoms with Gasteiger partial charge < -0.3 is 10.4 Å². The smallest absolute Gasteiger partial charge is 0.335 e. The molecule has 154 valence electrons. The van der Waals surface area contributed by atoms with E-state index < -0.39 is 5.97 Å². The first-order valence-electron chi connectivity index (χ1n) is 10.8. The van der Waals surface area contributed by atoms with Gasteiger partial charge in [0.2, 0.25) is 5.91 Å². The second-order valence-electron chi connectivity index (χ2n) is 8.00. The van der Waals surface area contributed by atoms with Gasteiger partial charge in [-0.05, 0) is 61.8 Å². The Kier molecular flexibility index (Phi) is 7.85. The highest BCUT2D eigenvalue weighted by atomic mass is 16.4. The highest BCUT2D eigenvalue weighted by Crippen LogP contribution is 2.26. The van der Waals surface area contributed by atoms with Gasteiger partial charge in [0.15, 0.2) is 0 Å². The number of aryl methyl sites for hydroxylation is 2. The molecule has 0 unspecified atom stereocenters. The average Bonchev–Trinajstić information content (AvgIpc) is 2.75. The molecule has 2 N–H and O–H groups in total. The molecule has 1 aliphatic rings. The summed E-state index contributed by atoms with van der Waals surface area (Å²) in [4.78, 5) is 23.9. The van der Waals surface area contributed by atoms with Crippen molar-refractivity contribution in [2.45, 2.75) is 64.2 Å². The Morgan fingerprint density at radius 3 is 2.17 bits per heavy atom.